The maximum Gasteiger partial charge on any atom is 0.246 e. The van der Waals surface area contributed by atoms with Crippen LogP contribution in [0.3, 0.4) is 0 Å². The summed E-state index contributed by atoms with van der Waals surface area (Å²) in [5.74, 6) is -1.08. The molecule has 2 aromatic rings. The zero-order chi connectivity index (χ0) is 17.4. The Balaban J connectivity index is 2.09. The van der Waals surface area contributed by atoms with E-state index in [0.717, 1.165) is 5.56 Å². The van der Waals surface area contributed by atoms with Gasteiger partial charge >= 0.3 is 0 Å². The Hall–Kier alpha value is -2.95. The Bertz CT molecular complexity index is 729. The summed E-state index contributed by atoms with van der Waals surface area (Å²) in [5, 5.41) is 0. The third-order valence-corrected chi connectivity index (χ3v) is 3.42. The van der Waals surface area contributed by atoms with Gasteiger partial charge in [-0.05, 0) is 29.3 Å². The molecule has 0 aliphatic heterocycles. The van der Waals surface area contributed by atoms with Gasteiger partial charge < -0.3 is 10.6 Å². The number of amides is 2. The van der Waals surface area contributed by atoms with Gasteiger partial charge in [0.2, 0.25) is 11.8 Å². The summed E-state index contributed by atoms with van der Waals surface area (Å²) in [5.41, 5.74) is 6.73. The molecule has 0 aliphatic rings. The van der Waals surface area contributed by atoms with Gasteiger partial charge in [0.15, 0.2) is 0 Å². The van der Waals surface area contributed by atoms with E-state index in [1.807, 2.05) is 30.3 Å². The lowest BCUT2D eigenvalue weighted by Crippen LogP contribution is -2.32. The normalized spacial score (nSPS) is 10.7. The molecule has 124 valence electrons. The minimum absolute atomic E-state index is 0.0897. The molecule has 24 heavy (non-hydrogen) atoms. The largest absolute Gasteiger partial charge is 0.370 e. The van der Waals surface area contributed by atoms with Crippen molar-refractivity contribution in [3.63, 3.8) is 0 Å². The molecule has 0 heterocycles. The van der Waals surface area contributed by atoms with Crippen LogP contribution >= 0.6 is 0 Å². The zero-order valence-electron chi connectivity index (χ0n) is 13.2. The van der Waals surface area contributed by atoms with E-state index >= 15 is 0 Å². The van der Waals surface area contributed by atoms with Gasteiger partial charge in [0.1, 0.15) is 5.82 Å². The van der Waals surface area contributed by atoms with Crippen LogP contribution in [0.2, 0.25) is 0 Å². The molecule has 2 amide bonds. The first kappa shape index (κ1) is 17.4. The van der Waals surface area contributed by atoms with Gasteiger partial charge in [0.25, 0.3) is 0 Å². The lowest BCUT2D eigenvalue weighted by atomic mass is 10.2. The van der Waals surface area contributed by atoms with Crippen molar-refractivity contribution < 1.29 is 14.0 Å². The Morgan fingerprint density at radius 1 is 1.08 bits per heavy atom. The number of carbonyl (C=O) groups excluding carboxylic acids is 2. The second kappa shape index (κ2) is 8.62. The van der Waals surface area contributed by atoms with Crippen molar-refractivity contribution in [3.05, 3.63) is 77.6 Å². The first-order valence-electron chi connectivity index (χ1n) is 7.59. The molecule has 0 radical (unpaired) electrons. The van der Waals surface area contributed by atoms with E-state index in [-0.39, 0.29) is 24.7 Å². The van der Waals surface area contributed by atoms with Crippen molar-refractivity contribution in [1.82, 2.24) is 4.90 Å². The molecule has 0 saturated heterocycles. The van der Waals surface area contributed by atoms with E-state index < -0.39 is 5.91 Å². The number of hydrogen-bond donors (Lipinski definition) is 1. The number of benzene rings is 2. The van der Waals surface area contributed by atoms with Crippen LogP contribution in [-0.4, -0.2) is 23.3 Å². The monoisotopic (exact) mass is 326 g/mol. The molecular weight excluding hydrogens is 307 g/mol. The van der Waals surface area contributed by atoms with Crippen LogP contribution in [0.15, 0.2) is 60.7 Å². The van der Waals surface area contributed by atoms with Gasteiger partial charge in [-0.3, -0.25) is 9.59 Å². The minimum atomic E-state index is -0.463. The van der Waals surface area contributed by atoms with E-state index in [0.29, 0.717) is 12.1 Å². The van der Waals surface area contributed by atoms with Crippen LogP contribution in [0.25, 0.3) is 6.08 Å². The Morgan fingerprint density at radius 3 is 2.50 bits per heavy atom. The summed E-state index contributed by atoms with van der Waals surface area (Å²) in [6.07, 6.45) is 3.01. The van der Waals surface area contributed by atoms with Crippen molar-refractivity contribution in [3.8, 4) is 0 Å². The van der Waals surface area contributed by atoms with Gasteiger partial charge in [0.05, 0.1) is 0 Å². The Kier molecular flexibility index (Phi) is 6.25. The zero-order valence-corrected chi connectivity index (χ0v) is 13.2. The number of hydrogen-bond acceptors (Lipinski definition) is 2. The smallest absolute Gasteiger partial charge is 0.246 e. The van der Waals surface area contributed by atoms with Crippen LogP contribution in [0.1, 0.15) is 17.5 Å². The topological polar surface area (TPSA) is 63.4 Å². The lowest BCUT2D eigenvalue weighted by molar-refractivity contribution is -0.127. The van der Waals surface area contributed by atoms with Crippen molar-refractivity contribution in [1.29, 1.82) is 0 Å². The van der Waals surface area contributed by atoms with Crippen LogP contribution in [-0.2, 0) is 16.1 Å². The number of nitrogens with zero attached hydrogens (tertiary/aromatic N) is 1. The van der Waals surface area contributed by atoms with Crippen LogP contribution < -0.4 is 5.73 Å². The quantitative estimate of drug-likeness (QED) is 0.795. The third kappa shape index (κ3) is 5.68. The van der Waals surface area contributed by atoms with Gasteiger partial charge in [-0.2, -0.15) is 0 Å². The second-order valence-electron chi connectivity index (χ2n) is 5.35. The lowest BCUT2D eigenvalue weighted by Gasteiger charge is -2.20. The predicted octanol–water partition coefficient (Wildman–Crippen LogP) is 2.74. The van der Waals surface area contributed by atoms with E-state index in [2.05, 4.69) is 0 Å². The van der Waals surface area contributed by atoms with E-state index in [1.54, 1.807) is 18.2 Å². The molecule has 2 rings (SSSR count). The molecule has 0 aliphatic carbocycles. The summed E-state index contributed by atoms with van der Waals surface area (Å²) in [6, 6.07) is 15.4. The summed E-state index contributed by atoms with van der Waals surface area (Å²) in [7, 11) is 0. The summed E-state index contributed by atoms with van der Waals surface area (Å²) in [4.78, 5) is 25.0. The fraction of sp³-hybridized carbons (Fsp3) is 0.158. The third-order valence-electron chi connectivity index (χ3n) is 3.42. The molecule has 0 unspecified atom stereocenters. The Morgan fingerprint density at radius 2 is 1.83 bits per heavy atom. The Labute approximate surface area is 140 Å². The van der Waals surface area contributed by atoms with Crippen LogP contribution in [0.5, 0.6) is 0 Å². The molecule has 2 aromatic carbocycles. The number of primary amides is 1. The fourth-order valence-electron chi connectivity index (χ4n) is 2.20. The first-order valence-corrected chi connectivity index (χ1v) is 7.59. The molecule has 0 saturated carbocycles. The van der Waals surface area contributed by atoms with E-state index in [9.17, 15) is 14.0 Å². The number of nitrogens with two attached hydrogens (primary N) is 1. The summed E-state index contributed by atoms with van der Waals surface area (Å²) < 4.78 is 13.2. The molecule has 0 atom stereocenters. The first-order chi connectivity index (χ1) is 11.5. The van der Waals surface area contributed by atoms with Crippen molar-refractivity contribution in [2.24, 2.45) is 5.73 Å². The highest BCUT2D eigenvalue weighted by Gasteiger charge is 2.12. The van der Waals surface area contributed by atoms with Gasteiger partial charge in [0, 0.05) is 25.6 Å². The SMILES string of the molecule is NC(=O)CCN(Cc1ccccc1)C(=O)/C=C/c1cccc(F)c1. The maximum absolute atomic E-state index is 13.2. The second-order valence-corrected chi connectivity index (χ2v) is 5.35. The van der Waals surface area contributed by atoms with Gasteiger partial charge in [-0.25, -0.2) is 4.39 Å². The summed E-state index contributed by atoms with van der Waals surface area (Å²) >= 11 is 0. The van der Waals surface area contributed by atoms with Crippen molar-refractivity contribution in [2.75, 3.05) is 6.54 Å². The highest BCUT2D eigenvalue weighted by atomic mass is 19.1. The van der Waals surface area contributed by atoms with Gasteiger partial charge in [-0.15, -0.1) is 0 Å². The number of carbonyl (C=O) groups is 2. The highest BCUT2D eigenvalue weighted by Crippen LogP contribution is 2.09. The highest BCUT2D eigenvalue weighted by molar-refractivity contribution is 5.92. The minimum Gasteiger partial charge on any atom is -0.370 e. The van der Waals surface area contributed by atoms with Crippen LogP contribution in [0, 0.1) is 5.82 Å². The molecule has 0 bridgehead atoms. The maximum atomic E-state index is 13.2. The molecule has 0 fully saturated rings. The molecule has 0 spiro atoms. The molecule has 4 nitrogen and oxygen atoms in total. The fourth-order valence-corrected chi connectivity index (χ4v) is 2.20. The van der Waals surface area contributed by atoms with Gasteiger partial charge in [-0.1, -0.05) is 42.5 Å². The number of rotatable bonds is 7. The molecule has 0 aromatic heterocycles. The average Bonchev–Trinajstić information content (AvgIpc) is 2.57. The number of halogens is 1. The van der Waals surface area contributed by atoms with E-state index in [4.69, 9.17) is 5.73 Å². The predicted molar refractivity (Wildman–Crippen MR) is 91.1 cm³/mol. The standard InChI is InChI=1S/C19H19FN2O2/c20-17-8-4-7-15(13-17)9-10-19(24)22(12-11-18(21)23)14-16-5-2-1-3-6-16/h1-10,13H,11-12,14H2,(H2,21,23)/b10-9+. The molecule has 5 heteroatoms. The van der Waals surface area contributed by atoms with Crippen molar-refractivity contribution >= 4 is 17.9 Å². The van der Waals surface area contributed by atoms with E-state index in [1.165, 1.54) is 23.1 Å². The summed E-state index contributed by atoms with van der Waals surface area (Å²) in [6.45, 7) is 0.608. The molecule has 2 N–H and O–H groups in total. The van der Waals surface area contributed by atoms with Crippen LogP contribution in [0.4, 0.5) is 4.39 Å². The van der Waals surface area contributed by atoms with Crippen molar-refractivity contribution in [2.45, 2.75) is 13.0 Å². The molecular formula is C19H19FN2O2. The average molecular weight is 326 g/mol.